The van der Waals surface area contributed by atoms with Gasteiger partial charge in [-0.2, -0.15) is 4.99 Å². The Labute approximate surface area is 139 Å². The van der Waals surface area contributed by atoms with Crippen molar-refractivity contribution in [2.45, 2.75) is 6.54 Å². The van der Waals surface area contributed by atoms with Gasteiger partial charge in [0, 0.05) is 12.6 Å². The molecule has 0 radical (unpaired) electrons. The Bertz CT molecular complexity index is 1020. The minimum atomic E-state index is -0.994. The second-order valence-corrected chi connectivity index (χ2v) is 5.92. The van der Waals surface area contributed by atoms with Gasteiger partial charge in [-0.3, -0.25) is 4.79 Å². The smallest absolute Gasteiger partial charge is 0.282 e. The molecule has 0 aliphatic heterocycles. The van der Waals surface area contributed by atoms with Crippen molar-refractivity contribution in [2.75, 3.05) is 0 Å². The summed E-state index contributed by atoms with van der Waals surface area (Å²) in [4.78, 5) is 16.3. The van der Waals surface area contributed by atoms with Gasteiger partial charge in [-0.1, -0.05) is 23.5 Å². The number of benzene rings is 2. The van der Waals surface area contributed by atoms with Gasteiger partial charge in [-0.05, 0) is 24.3 Å². The molecule has 3 nitrogen and oxygen atoms in total. The van der Waals surface area contributed by atoms with Crippen LogP contribution in [0.5, 0.6) is 0 Å². The van der Waals surface area contributed by atoms with Crippen molar-refractivity contribution >= 4 is 27.5 Å². The first-order valence-electron chi connectivity index (χ1n) is 6.94. The van der Waals surface area contributed by atoms with Crippen LogP contribution in [0.4, 0.5) is 13.2 Å². The van der Waals surface area contributed by atoms with Gasteiger partial charge >= 0.3 is 0 Å². The van der Waals surface area contributed by atoms with Crippen LogP contribution in [-0.4, -0.2) is 10.5 Å². The number of carbonyl (C=O) groups is 1. The van der Waals surface area contributed by atoms with Gasteiger partial charge < -0.3 is 4.57 Å². The molecule has 24 heavy (non-hydrogen) atoms. The molecule has 0 bridgehead atoms. The van der Waals surface area contributed by atoms with E-state index < -0.39 is 23.4 Å². The summed E-state index contributed by atoms with van der Waals surface area (Å²) in [6.07, 6.45) is 1.54. The van der Waals surface area contributed by atoms with E-state index in [1.54, 1.807) is 18.2 Å². The van der Waals surface area contributed by atoms with Crippen molar-refractivity contribution in [2.24, 2.45) is 4.99 Å². The first-order valence-corrected chi connectivity index (χ1v) is 7.76. The molecule has 3 rings (SSSR count). The van der Waals surface area contributed by atoms with Gasteiger partial charge in [-0.25, -0.2) is 13.2 Å². The summed E-state index contributed by atoms with van der Waals surface area (Å²) in [5.74, 6) is -3.09. The Hall–Kier alpha value is -2.67. The summed E-state index contributed by atoms with van der Waals surface area (Å²) in [6.45, 7) is 3.84. The summed E-state index contributed by atoms with van der Waals surface area (Å²) in [5.41, 5.74) is -0.0481. The molecule has 0 saturated carbocycles. The van der Waals surface area contributed by atoms with Crippen molar-refractivity contribution in [3.63, 3.8) is 0 Å². The van der Waals surface area contributed by atoms with Gasteiger partial charge in [0.25, 0.3) is 5.91 Å². The number of allylic oxidation sites excluding steroid dienone is 1. The number of para-hydroxylation sites is 1. The number of halogens is 3. The summed E-state index contributed by atoms with van der Waals surface area (Å²) < 4.78 is 42.8. The van der Waals surface area contributed by atoms with Gasteiger partial charge in [0.1, 0.15) is 17.5 Å². The highest BCUT2D eigenvalue weighted by Crippen LogP contribution is 2.20. The van der Waals surface area contributed by atoms with Crippen LogP contribution in [0.3, 0.4) is 0 Å². The van der Waals surface area contributed by atoms with E-state index >= 15 is 0 Å². The summed E-state index contributed by atoms with van der Waals surface area (Å²) in [5, 5.41) is 0. The third-order valence-corrected chi connectivity index (χ3v) is 4.37. The molecule has 1 aromatic heterocycles. The van der Waals surface area contributed by atoms with Gasteiger partial charge in [0.05, 0.1) is 15.8 Å². The molecular weight excluding hydrogens is 337 g/mol. The Balaban J connectivity index is 2.19. The molecular formula is C17H11F3N2OS. The van der Waals surface area contributed by atoms with Crippen LogP contribution in [0, 0.1) is 17.5 Å². The Morgan fingerprint density at radius 2 is 2.00 bits per heavy atom. The topological polar surface area (TPSA) is 34.4 Å². The number of hydrogen-bond donors (Lipinski definition) is 0. The molecule has 0 spiro atoms. The SMILES string of the molecule is C=CCn1c(=NC(=O)c2ccc(F)cc2F)sc2cccc(F)c21. The molecule has 1 heterocycles. The lowest BCUT2D eigenvalue weighted by Crippen LogP contribution is -2.17. The largest absolute Gasteiger partial charge is 0.310 e. The zero-order valence-corrected chi connectivity index (χ0v) is 13.1. The Morgan fingerprint density at radius 3 is 2.71 bits per heavy atom. The average molecular weight is 348 g/mol. The number of fused-ring (bicyclic) bond motifs is 1. The first-order chi connectivity index (χ1) is 11.5. The molecule has 3 aromatic rings. The van der Waals surface area contributed by atoms with E-state index in [1.807, 2.05) is 0 Å². The van der Waals surface area contributed by atoms with Crippen LogP contribution < -0.4 is 4.80 Å². The van der Waals surface area contributed by atoms with E-state index in [0.717, 1.165) is 23.5 Å². The summed E-state index contributed by atoms with van der Waals surface area (Å²) >= 11 is 1.10. The second kappa shape index (κ2) is 6.45. The number of thiazole rings is 1. The fourth-order valence-electron chi connectivity index (χ4n) is 2.28. The van der Waals surface area contributed by atoms with E-state index in [4.69, 9.17) is 0 Å². The zero-order chi connectivity index (χ0) is 17.3. The summed E-state index contributed by atoms with van der Waals surface area (Å²) in [7, 11) is 0. The monoisotopic (exact) mass is 348 g/mol. The predicted octanol–water partition coefficient (Wildman–Crippen LogP) is 4.05. The number of nitrogens with zero attached hydrogens (tertiary/aromatic N) is 2. The van der Waals surface area contributed by atoms with Gasteiger partial charge in [0.2, 0.25) is 0 Å². The maximum atomic E-state index is 14.1. The highest BCUT2D eigenvalue weighted by Gasteiger charge is 2.14. The number of rotatable bonds is 3. The molecule has 0 saturated heterocycles. The van der Waals surface area contributed by atoms with Crippen molar-refractivity contribution in [3.05, 3.63) is 76.9 Å². The van der Waals surface area contributed by atoms with Crippen LogP contribution in [-0.2, 0) is 6.54 Å². The van der Waals surface area contributed by atoms with Crippen LogP contribution in [0.15, 0.2) is 54.0 Å². The predicted molar refractivity (Wildman–Crippen MR) is 86.2 cm³/mol. The zero-order valence-electron chi connectivity index (χ0n) is 12.3. The van der Waals surface area contributed by atoms with Crippen molar-refractivity contribution < 1.29 is 18.0 Å². The minimum Gasteiger partial charge on any atom is -0.310 e. The van der Waals surface area contributed by atoms with E-state index in [9.17, 15) is 18.0 Å². The fourth-order valence-corrected chi connectivity index (χ4v) is 3.33. The molecule has 0 fully saturated rings. The highest BCUT2D eigenvalue weighted by molar-refractivity contribution is 7.16. The van der Waals surface area contributed by atoms with Crippen molar-refractivity contribution in [1.29, 1.82) is 0 Å². The second-order valence-electron chi connectivity index (χ2n) is 4.91. The molecule has 2 aromatic carbocycles. The lowest BCUT2D eigenvalue weighted by molar-refractivity contribution is 0.0994. The lowest BCUT2D eigenvalue weighted by Gasteiger charge is -2.02. The van der Waals surface area contributed by atoms with Gasteiger partial charge in [-0.15, -0.1) is 6.58 Å². The maximum absolute atomic E-state index is 14.1. The molecule has 0 aliphatic rings. The van der Waals surface area contributed by atoms with Crippen LogP contribution in [0.25, 0.3) is 10.2 Å². The van der Waals surface area contributed by atoms with E-state index in [1.165, 1.54) is 10.6 Å². The molecule has 0 atom stereocenters. The third-order valence-electron chi connectivity index (χ3n) is 3.32. The molecule has 0 N–H and O–H groups in total. The molecule has 122 valence electrons. The fraction of sp³-hybridized carbons (Fsp3) is 0.0588. The average Bonchev–Trinajstić information content (AvgIpc) is 2.86. The van der Waals surface area contributed by atoms with Crippen molar-refractivity contribution in [1.82, 2.24) is 4.57 Å². The van der Waals surface area contributed by atoms with Crippen LogP contribution >= 0.6 is 11.3 Å². The first kappa shape index (κ1) is 16.2. The van der Waals surface area contributed by atoms with Crippen LogP contribution in [0.1, 0.15) is 10.4 Å². The summed E-state index contributed by atoms with van der Waals surface area (Å²) in [6, 6.07) is 7.18. The Kier molecular flexibility index (Phi) is 4.35. The standard InChI is InChI=1S/C17H11F3N2OS/c1-2-8-22-15-12(19)4-3-5-14(15)24-17(22)21-16(23)11-7-6-10(18)9-13(11)20/h2-7,9H,1,8H2. The number of amides is 1. The molecule has 1 amide bonds. The number of carbonyl (C=O) groups excluding carboxylic acids is 1. The maximum Gasteiger partial charge on any atom is 0.282 e. The molecule has 0 aliphatic carbocycles. The Morgan fingerprint density at radius 1 is 1.21 bits per heavy atom. The van der Waals surface area contributed by atoms with Gasteiger partial charge in [0.15, 0.2) is 4.80 Å². The van der Waals surface area contributed by atoms with E-state index in [0.29, 0.717) is 16.3 Å². The normalized spacial score (nSPS) is 11.9. The van der Waals surface area contributed by atoms with Crippen molar-refractivity contribution in [3.8, 4) is 0 Å². The van der Waals surface area contributed by atoms with Crippen LogP contribution in [0.2, 0.25) is 0 Å². The minimum absolute atomic E-state index is 0.212. The molecule has 0 unspecified atom stereocenters. The molecule has 7 heteroatoms. The number of hydrogen-bond acceptors (Lipinski definition) is 2. The lowest BCUT2D eigenvalue weighted by atomic mass is 10.2. The van der Waals surface area contributed by atoms with E-state index in [2.05, 4.69) is 11.6 Å². The third kappa shape index (κ3) is 2.90. The van der Waals surface area contributed by atoms with E-state index in [-0.39, 0.29) is 16.9 Å². The quantitative estimate of drug-likeness (QED) is 0.658. The number of aromatic nitrogens is 1. The highest BCUT2D eigenvalue weighted by atomic mass is 32.1.